The fraction of sp³-hybridized carbons (Fsp3) is 0.636. The molecular weight excluding hydrogens is 213 g/mol. The fourth-order valence-corrected chi connectivity index (χ4v) is 1.67. The lowest BCUT2D eigenvalue weighted by molar-refractivity contribution is -0.135. The van der Waals surface area contributed by atoms with Gasteiger partial charge < -0.3 is 10.0 Å². The number of hydrogen-bond acceptors (Lipinski definition) is 3. The van der Waals surface area contributed by atoms with E-state index in [9.17, 15) is 14.0 Å². The molecule has 0 spiro atoms. The van der Waals surface area contributed by atoms with Crippen molar-refractivity contribution in [3.63, 3.8) is 0 Å². The molecule has 1 atom stereocenters. The lowest BCUT2D eigenvalue weighted by Crippen LogP contribution is -2.28. The Labute approximate surface area is 93.7 Å². The van der Waals surface area contributed by atoms with Crippen LogP contribution < -0.4 is 0 Å². The summed E-state index contributed by atoms with van der Waals surface area (Å²) in [5.74, 6) is -2.32. The Bertz CT molecular complexity index is 306. The molecule has 1 aliphatic rings. The number of carboxylic acids is 1. The summed E-state index contributed by atoms with van der Waals surface area (Å²) in [5, 5.41) is 8.84. The zero-order valence-electron chi connectivity index (χ0n) is 9.28. The summed E-state index contributed by atoms with van der Waals surface area (Å²) in [6.45, 7) is 2.50. The van der Waals surface area contributed by atoms with Crippen LogP contribution in [0.1, 0.15) is 26.2 Å². The lowest BCUT2D eigenvalue weighted by atomic mass is 10.1. The summed E-state index contributed by atoms with van der Waals surface area (Å²) in [6.07, 6.45) is 2.57. The van der Waals surface area contributed by atoms with Gasteiger partial charge in [-0.1, -0.05) is 0 Å². The number of ketones is 1. The number of alkyl halides is 1. The number of piperidine rings is 1. The van der Waals surface area contributed by atoms with Crippen molar-refractivity contribution >= 4 is 11.8 Å². The highest BCUT2D eigenvalue weighted by atomic mass is 19.1. The highest BCUT2D eigenvalue weighted by Gasteiger charge is 2.24. The predicted molar refractivity (Wildman–Crippen MR) is 56.7 cm³/mol. The largest absolute Gasteiger partial charge is 0.478 e. The highest BCUT2D eigenvalue weighted by molar-refractivity contribution is 6.18. The van der Waals surface area contributed by atoms with Crippen molar-refractivity contribution in [2.75, 3.05) is 13.1 Å². The average Bonchev–Trinajstić information content (AvgIpc) is 2.26. The third kappa shape index (κ3) is 3.32. The Morgan fingerprint density at radius 2 is 1.88 bits per heavy atom. The summed E-state index contributed by atoms with van der Waals surface area (Å²) in [6, 6.07) is 0. The van der Waals surface area contributed by atoms with E-state index in [1.54, 1.807) is 4.90 Å². The van der Waals surface area contributed by atoms with E-state index in [1.165, 1.54) is 6.20 Å². The third-order valence-corrected chi connectivity index (χ3v) is 2.56. The molecular formula is C11H16FNO3. The molecule has 1 unspecified atom stereocenters. The number of aliphatic carboxylic acids is 1. The molecule has 0 aromatic heterocycles. The summed E-state index contributed by atoms with van der Waals surface area (Å²) in [5.41, 5.74) is -0.461. The Balaban J connectivity index is 2.79. The lowest BCUT2D eigenvalue weighted by Gasteiger charge is -2.25. The van der Waals surface area contributed by atoms with Gasteiger partial charge in [0.2, 0.25) is 5.78 Å². The standard InChI is InChI=1S/C11H16FNO3/c1-8(12)10(14)9(11(15)16)7-13-5-3-2-4-6-13/h7-8H,2-6H2,1H3,(H,15,16). The van der Waals surface area contributed by atoms with Crippen LogP contribution in [-0.4, -0.2) is 41.0 Å². The number of carbonyl (C=O) groups excluding carboxylic acids is 1. The van der Waals surface area contributed by atoms with Crippen LogP contribution >= 0.6 is 0 Å². The molecule has 0 amide bonds. The molecule has 0 bridgehead atoms. The van der Waals surface area contributed by atoms with Crippen molar-refractivity contribution in [2.24, 2.45) is 0 Å². The van der Waals surface area contributed by atoms with Gasteiger partial charge >= 0.3 is 5.97 Å². The first-order valence-electron chi connectivity index (χ1n) is 5.40. The minimum Gasteiger partial charge on any atom is -0.478 e. The summed E-state index contributed by atoms with van der Waals surface area (Å²) < 4.78 is 12.8. The first-order valence-corrected chi connectivity index (χ1v) is 5.40. The number of hydrogen-bond donors (Lipinski definition) is 1. The Morgan fingerprint density at radius 1 is 1.31 bits per heavy atom. The van der Waals surface area contributed by atoms with E-state index in [0.717, 1.165) is 39.3 Å². The maximum absolute atomic E-state index is 12.8. The van der Waals surface area contributed by atoms with Crippen LogP contribution in [0.3, 0.4) is 0 Å². The number of rotatable bonds is 4. The molecule has 1 aliphatic heterocycles. The van der Waals surface area contributed by atoms with Gasteiger partial charge in [0.15, 0.2) is 6.17 Å². The first-order chi connectivity index (χ1) is 7.52. The molecule has 1 rings (SSSR count). The van der Waals surface area contributed by atoms with Crippen molar-refractivity contribution in [3.05, 3.63) is 11.8 Å². The Morgan fingerprint density at radius 3 is 2.31 bits per heavy atom. The van der Waals surface area contributed by atoms with E-state index >= 15 is 0 Å². The number of Topliss-reactive ketones (excluding diaryl/α,β-unsaturated/α-hetero) is 1. The number of nitrogens with zero attached hydrogens (tertiary/aromatic N) is 1. The smallest absolute Gasteiger partial charge is 0.340 e. The molecule has 90 valence electrons. The zero-order chi connectivity index (χ0) is 12.1. The topological polar surface area (TPSA) is 57.6 Å². The second-order valence-corrected chi connectivity index (χ2v) is 3.92. The molecule has 5 heteroatoms. The molecule has 0 aromatic carbocycles. The molecule has 0 aromatic rings. The molecule has 1 N–H and O–H groups in total. The maximum atomic E-state index is 12.8. The molecule has 1 saturated heterocycles. The van der Waals surface area contributed by atoms with Gasteiger partial charge in [-0.05, 0) is 26.2 Å². The zero-order valence-corrected chi connectivity index (χ0v) is 9.28. The van der Waals surface area contributed by atoms with Gasteiger partial charge in [0.1, 0.15) is 5.57 Å². The van der Waals surface area contributed by atoms with Crippen molar-refractivity contribution in [1.82, 2.24) is 4.90 Å². The van der Waals surface area contributed by atoms with Crippen LogP contribution in [0, 0.1) is 0 Å². The van der Waals surface area contributed by atoms with Gasteiger partial charge in [-0.25, -0.2) is 9.18 Å². The molecule has 0 radical (unpaired) electrons. The van der Waals surface area contributed by atoms with Crippen LogP contribution in [-0.2, 0) is 9.59 Å². The second-order valence-electron chi connectivity index (χ2n) is 3.92. The Kier molecular flexibility index (Phi) is 4.46. The van der Waals surface area contributed by atoms with Gasteiger partial charge in [-0.3, -0.25) is 4.79 Å². The van der Waals surface area contributed by atoms with Crippen LogP contribution in [0.5, 0.6) is 0 Å². The van der Waals surface area contributed by atoms with E-state index in [-0.39, 0.29) is 0 Å². The number of carbonyl (C=O) groups is 2. The molecule has 1 heterocycles. The molecule has 4 nitrogen and oxygen atoms in total. The van der Waals surface area contributed by atoms with Crippen molar-refractivity contribution in [1.29, 1.82) is 0 Å². The van der Waals surface area contributed by atoms with Gasteiger partial charge in [0, 0.05) is 19.3 Å². The summed E-state index contributed by atoms with van der Waals surface area (Å²) in [4.78, 5) is 23.9. The fourth-order valence-electron chi connectivity index (χ4n) is 1.67. The quantitative estimate of drug-likeness (QED) is 0.449. The monoisotopic (exact) mass is 229 g/mol. The highest BCUT2D eigenvalue weighted by Crippen LogP contribution is 2.12. The van der Waals surface area contributed by atoms with E-state index in [0.29, 0.717) is 0 Å². The Hall–Kier alpha value is -1.39. The first kappa shape index (κ1) is 12.7. The van der Waals surface area contributed by atoms with Crippen molar-refractivity contribution in [2.45, 2.75) is 32.4 Å². The van der Waals surface area contributed by atoms with Crippen LogP contribution in [0.15, 0.2) is 11.8 Å². The minimum atomic E-state index is -1.77. The van der Waals surface area contributed by atoms with E-state index in [1.807, 2.05) is 0 Å². The van der Waals surface area contributed by atoms with Crippen LogP contribution in [0.25, 0.3) is 0 Å². The van der Waals surface area contributed by atoms with E-state index in [4.69, 9.17) is 5.11 Å². The van der Waals surface area contributed by atoms with Crippen LogP contribution in [0.2, 0.25) is 0 Å². The number of likely N-dealkylation sites (tertiary alicyclic amines) is 1. The van der Waals surface area contributed by atoms with Gasteiger partial charge in [-0.2, -0.15) is 0 Å². The second kappa shape index (κ2) is 5.63. The van der Waals surface area contributed by atoms with E-state index in [2.05, 4.69) is 0 Å². The van der Waals surface area contributed by atoms with E-state index < -0.39 is 23.5 Å². The predicted octanol–water partition coefficient (Wildman–Crippen LogP) is 1.37. The minimum absolute atomic E-state index is 0.461. The average molecular weight is 229 g/mol. The number of halogens is 1. The van der Waals surface area contributed by atoms with Crippen molar-refractivity contribution < 1.29 is 19.1 Å². The molecule has 16 heavy (non-hydrogen) atoms. The van der Waals surface area contributed by atoms with Gasteiger partial charge in [0.25, 0.3) is 0 Å². The third-order valence-electron chi connectivity index (χ3n) is 2.56. The van der Waals surface area contributed by atoms with Gasteiger partial charge in [-0.15, -0.1) is 0 Å². The van der Waals surface area contributed by atoms with Crippen molar-refractivity contribution in [3.8, 4) is 0 Å². The van der Waals surface area contributed by atoms with Gasteiger partial charge in [0.05, 0.1) is 0 Å². The summed E-state index contributed by atoms with van der Waals surface area (Å²) >= 11 is 0. The molecule has 0 aliphatic carbocycles. The molecule has 1 fully saturated rings. The SMILES string of the molecule is CC(F)C(=O)C(=CN1CCCCC1)C(=O)O. The molecule has 0 saturated carbocycles. The van der Waals surface area contributed by atoms with Crippen LogP contribution in [0.4, 0.5) is 4.39 Å². The normalized spacial score (nSPS) is 19.4. The maximum Gasteiger partial charge on any atom is 0.340 e. The summed E-state index contributed by atoms with van der Waals surface area (Å²) in [7, 11) is 0. The number of carboxylic acid groups (broad SMARTS) is 1.